The van der Waals surface area contributed by atoms with Gasteiger partial charge in [-0.3, -0.25) is 0 Å². The predicted molar refractivity (Wildman–Crippen MR) is 45.3 cm³/mol. The molecule has 0 fully saturated rings. The maximum atomic E-state index is 12.2. The molecule has 1 atom stereocenters. The summed E-state index contributed by atoms with van der Waals surface area (Å²) in [6.07, 6.45) is -4.18. The molecule has 1 rings (SSSR count). The van der Waals surface area contributed by atoms with E-state index in [1.54, 1.807) is 0 Å². The summed E-state index contributed by atoms with van der Waals surface area (Å²) in [6.45, 7) is 1.13. The highest BCUT2D eigenvalue weighted by molar-refractivity contribution is 5.40. The van der Waals surface area contributed by atoms with E-state index in [1.165, 1.54) is 24.3 Å². The first-order valence-corrected chi connectivity index (χ1v) is 3.83. The van der Waals surface area contributed by atoms with Crippen molar-refractivity contribution in [3.63, 3.8) is 0 Å². The minimum absolute atomic E-state index is 0.238. The van der Waals surface area contributed by atoms with E-state index in [0.29, 0.717) is 5.69 Å². The highest BCUT2D eigenvalue weighted by atomic mass is 19.4. The Morgan fingerprint density at radius 2 is 1.62 bits per heavy atom. The number of alkyl halides is 3. The van der Waals surface area contributed by atoms with E-state index < -0.39 is 12.1 Å². The van der Waals surface area contributed by atoms with Gasteiger partial charge in [-0.1, -0.05) is 12.1 Å². The van der Waals surface area contributed by atoms with Crippen LogP contribution in [0.4, 0.5) is 18.9 Å². The quantitative estimate of drug-likeness (QED) is 0.675. The average Bonchev–Trinajstić information content (AvgIpc) is 2.03. The molecule has 0 aliphatic heterocycles. The van der Waals surface area contributed by atoms with Crippen molar-refractivity contribution in [2.45, 2.75) is 19.0 Å². The molecule has 1 nitrogen and oxygen atoms in total. The van der Waals surface area contributed by atoms with Gasteiger partial charge in [0.1, 0.15) is 0 Å². The smallest absolute Gasteiger partial charge is 0.395 e. The first kappa shape index (κ1) is 9.89. The molecule has 0 aromatic heterocycles. The van der Waals surface area contributed by atoms with Crippen molar-refractivity contribution in [1.82, 2.24) is 0 Å². The second kappa shape index (κ2) is 3.28. The summed E-state index contributed by atoms with van der Waals surface area (Å²) in [7, 11) is 0. The van der Waals surface area contributed by atoms with Gasteiger partial charge in [0.25, 0.3) is 0 Å². The summed E-state index contributed by atoms with van der Waals surface area (Å²) in [6, 6.07) is 5.73. The Kier molecular flexibility index (Phi) is 2.50. The maximum absolute atomic E-state index is 12.2. The fourth-order valence-corrected chi connectivity index (χ4v) is 0.974. The molecule has 1 aromatic rings. The molecule has 0 radical (unpaired) electrons. The molecular weight excluding hydrogens is 179 g/mol. The molecule has 1 aromatic carbocycles. The zero-order chi connectivity index (χ0) is 10.1. The molecule has 0 bridgehead atoms. The number of nitrogens with two attached hydrogens (primary N) is 1. The van der Waals surface area contributed by atoms with E-state index in [1.807, 2.05) is 0 Å². The van der Waals surface area contributed by atoms with Crippen LogP contribution in [0.2, 0.25) is 0 Å². The van der Waals surface area contributed by atoms with Crippen molar-refractivity contribution < 1.29 is 13.2 Å². The van der Waals surface area contributed by atoms with E-state index in [-0.39, 0.29) is 5.56 Å². The summed E-state index contributed by atoms with van der Waals surface area (Å²) in [5, 5.41) is 0. The van der Waals surface area contributed by atoms with Crippen LogP contribution in [-0.2, 0) is 0 Å². The van der Waals surface area contributed by atoms with Gasteiger partial charge in [0.2, 0.25) is 0 Å². The number of nitrogen functional groups attached to an aromatic ring is 1. The SMILES string of the molecule is CC(c1ccc(N)cc1)C(F)(F)F. The predicted octanol–water partition coefficient (Wildman–Crippen LogP) is 2.93. The molecule has 0 saturated carbocycles. The molecule has 0 spiro atoms. The van der Waals surface area contributed by atoms with Crippen LogP contribution in [0, 0.1) is 0 Å². The van der Waals surface area contributed by atoms with Gasteiger partial charge in [-0.2, -0.15) is 13.2 Å². The Labute approximate surface area is 74.4 Å². The highest BCUT2D eigenvalue weighted by Gasteiger charge is 2.36. The lowest BCUT2D eigenvalue weighted by atomic mass is 10.0. The first-order chi connectivity index (χ1) is 5.91. The maximum Gasteiger partial charge on any atom is 0.395 e. The van der Waals surface area contributed by atoms with Gasteiger partial charge in [-0.25, -0.2) is 0 Å². The van der Waals surface area contributed by atoms with Crippen LogP contribution in [0.15, 0.2) is 24.3 Å². The number of rotatable bonds is 1. The molecule has 0 aliphatic carbocycles. The van der Waals surface area contributed by atoms with Crippen LogP contribution in [0.1, 0.15) is 18.4 Å². The van der Waals surface area contributed by atoms with Gasteiger partial charge in [0, 0.05) is 5.69 Å². The minimum atomic E-state index is -4.18. The Morgan fingerprint density at radius 3 is 2.00 bits per heavy atom. The largest absolute Gasteiger partial charge is 0.399 e. The summed E-state index contributed by atoms with van der Waals surface area (Å²) in [5.74, 6) is -1.44. The van der Waals surface area contributed by atoms with Gasteiger partial charge in [-0.15, -0.1) is 0 Å². The summed E-state index contributed by atoms with van der Waals surface area (Å²) in [5.41, 5.74) is 6.06. The van der Waals surface area contributed by atoms with E-state index in [0.717, 1.165) is 6.92 Å². The lowest BCUT2D eigenvalue weighted by Crippen LogP contribution is -2.17. The van der Waals surface area contributed by atoms with Crippen molar-refractivity contribution in [2.24, 2.45) is 0 Å². The molecule has 0 saturated heterocycles. The summed E-state index contributed by atoms with van der Waals surface area (Å²) in [4.78, 5) is 0. The lowest BCUT2D eigenvalue weighted by Gasteiger charge is -2.15. The standard InChI is InChI=1S/C9H10F3N/c1-6(9(10,11)12)7-2-4-8(13)5-3-7/h2-6H,13H2,1H3. The van der Waals surface area contributed by atoms with E-state index in [9.17, 15) is 13.2 Å². The molecule has 2 N–H and O–H groups in total. The third kappa shape index (κ3) is 2.37. The lowest BCUT2D eigenvalue weighted by molar-refractivity contribution is -0.146. The minimum Gasteiger partial charge on any atom is -0.399 e. The Bertz CT molecular complexity index is 276. The van der Waals surface area contributed by atoms with E-state index >= 15 is 0 Å². The van der Waals surface area contributed by atoms with Crippen molar-refractivity contribution in [3.05, 3.63) is 29.8 Å². The highest BCUT2D eigenvalue weighted by Crippen LogP contribution is 2.34. The van der Waals surface area contributed by atoms with Gasteiger partial charge < -0.3 is 5.73 Å². The molecule has 0 aliphatic rings. The van der Waals surface area contributed by atoms with Crippen LogP contribution in [-0.4, -0.2) is 6.18 Å². The Morgan fingerprint density at radius 1 is 1.15 bits per heavy atom. The molecule has 4 heteroatoms. The van der Waals surface area contributed by atoms with Crippen LogP contribution in [0.3, 0.4) is 0 Å². The molecular formula is C9H10F3N. The van der Waals surface area contributed by atoms with Crippen LogP contribution >= 0.6 is 0 Å². The number of hydrogen-bond acceptors (Lipinski definition) is 1. The Hall–Kier alpha value is -1.19. The molecule has 1 unspecified atom stereocenters. The zero-order valence-corrected chi connectivity index (χ0v) is 7.10. The monoisotopic (exact) mass is 189 g/mol. The third-order valence-electron chi connectivity index (χ3n) is 1.93. The topological polar surface area (TPSA) is 26.0 Å². The van der Waals surface area contributed by atoms with Gasteiger partial charge in [0.05, 0.1) is 5.92 Å². The number of hydrogen-bond donors (Lipinski definition) is 1. The molecule has 72 valence electrons. The zero-order valence-electron chi connectivity index (χ0n) is 7.10. The second-order valence-corrected chi connectivity index (χ2v) is 2.93. The molecule has 0 amide bonds. The van der Waals surface area contributed by atoms with Gasteiger partial charge in [0.15, 0.2) is 0 Å². The normalized spacial score (nSPS) is 14.2. The van der Waals surface area contributed by atoms with Gasteiger partial charge in [-0.05, 0) is 24.6 Å². The Balaban J connectivity index is 2.90. The second-order valence-electron chi connectivity index (χ2n) is 2.93. The number of halogens is 3. The van der Waals surface area contributed by atoms with Crippen LogP contribution in [0.5, 0.6) is 0 Å². The van der Waals surface area contributed by atoms with E-state index in [2.05, 4.69) is 0 Å². The van der Waals surface area contributed by atoms with Crippen molar-refractivity contribution in [1.29, 1.82) is 0 Å². The van der Waals surface area contributed by atoms with Crippen molar-refractivity contribution in [3.8, 4) is 0 Å². The summed E-state index contributed by atoms with van der Waals surface area (Å²) < 4.78 is 36.6. The van der Waals surface area contributed by atoms with Crippen molar-refractivity contribution in [2.75, 3.05) is 5.73 Å². The molecule has 13 heavy (non-hydrogen) atoms. The van der Waals surface area contributed by atoms with E-state index in [4.69, 9.17) is 5.73 Å². The van der Waals surface area contributed by atoms with Gasteiger partial charge >= 0.3 is 6.18 Å². The van der Waals surface area contributed by atoms with Crippen LogP contribution in [0.25, 0.3) is 0 Å². The number of benzene rings is 1. The molecule has 0 heterocycles. The number of anilines is 1. The average molecular weight is 189 g/mol. The fourth-order valence-electron chi connectivity index (χ4n) is 0.974. The van der Waals surface area contributed by atoms with Crippen LogP contribution < -0.4 is 5.73 Å². The first-order valence-electron chi connectivity index (χ1n) is 3.83. The fraction of sp³-hybridized carbons (Fsp3) is 0.333. The summed E-state index contributed by atoms with van der Waals surface area (Å²) >= 11 is 0. The van der Waals surface area contributed by atoms with Crippen molar-refractivity contribution >= 4 is 5.69 Å². The third-order valence-corrected chi connectivity index (χ3v) is 1.93.